The maximum Gasteiger partial charge on any atom is 0.0824 e. The molecule has 1 heteroatoms. The summed E-state index contributed by atoms with van der Waals surface area (Å²) in [5, 5.41) is 0. The van der Waals surface area contributed by atoms with Crippen LogP contribution in [0.2, 0.25) is 0 Å². The van der Waals surface area contributed by atoms with Gasteiger partial charge in [-0.3, -0.25) is 0 Å². The van der Waals surface area contributed by atoms with Crippen LogP contribution in [0.15, 0.2) is 36.1 Å². The topological polar surface area (TPSA) is 9.23 Å². The summed E-state index contributed by atoms with van der Waals surface area (Å²) in [6.07, 6.45) is 8.11. The lowest BCUT2D eigenvalue weighted by Gasteiger charge is -2.02. The predicted octanol–water partition coefficient (Wildman–Crippen LogP) is 3.06. The lowest BCUT2D eigenvalue weighted by atomic mass is 10.0. The molecular formula is C11H16O. The van der Waals surface area contributed by atoms with Gasteiger partial charge in [0.1, 0.15) is 0 Å². The van der Waals surface area contributed by atoms with Gasteiger partial charge in [-0.25, -0.2) is 0 Å². The van der Waals surface area contributed by atoms with E-state index in [1.807, 2.05) is 6.08 Å². The summed E-state index contributed by atoms with van der Waals surface area (Å²) in [6, 6.07) is 0. The van der Waals surface area contributed by atoms with Crippen LogP contribution in [-0.4, -0.2) is 7.11 Å². The summed E-state index contributed by atoms with van der Waals surface area (Å²) in [4.78, 5) is 0. The van der Waals surface area contributed by atoms with E-state index >= 15 is 0 Å². The summed E-state index contributed by atoms with van der Waals surface area (Å²) in [7, 11) is 1.65. The third-order valence-corrected chi connectivity index (χ3v) is 2.31. The number of hydrogen-bond acceptors (Lipinski definition) is 1. The number of ether oxygens (including phenoxy) is 1. The highest BCUT2D eigenvalue weighted by molar-refractivity contribution is 5.36. The molecule has 1 nitrogen and oxygen atoms in total. The van der Waals surface area contributed by atoms with Crippen LogP contribution in [0, 0.1) is 5.92 Å². The van der Waals surface area contributed by atoms with Crippen LogP contribution in [0.4, 0.5) is 0 Å². The van der Waals surface area contributed by atoms with Crippen LogP contribution in [0.25, 0.3) is 0 Å². The van der Waals surface area contributed by atoms with Crippen molar-refractivity contribution in [3.05, 3.63) is 36.1 Å². The SMILES string of the molecule is C=C1CCC(C)/C1=C\C=C\OC. The molecule has 0 aliphatic heterocycles. The summed E-state index contributed by atoms with van der Waals surface area (Å²) >= 11 is 0. The highest BCUT2D eigenvalue weighted by Crippen LogP contribution is 2.34. The smallest absolute Gasteiger partial charge is 0.0824 e. The Bertz CT molecular complexity index is 223. The molecule has 0 aromatic heterocycles. The van der Waals surface area contributed by atoms with Crippen LogP contribution in [-0.2, 0) is 4.74 Å². The first-order valence-electron chi connectivity index (χ1n) is 4.33. The zero-order valence-corrected chi connectivity index (χ0v) is 7.84. The molecule has 1 saturated carbocycles. The second-order valence-electron chi connectivity index (χ2n) is 3.23. The minimum absolute atomic E-state index is 0.666. The van der Waals surface area contributed by atoms with Crippen molar-refractivity contribution in [1.82, 2.24) is 0 Å². The molecule has 0 spiro atoms. The first-order valence-corrected chi connectivity index (χ1v) is 4.33. The molecule has 0 heterocycles. The van der Waals surface area contributed by atoms with Crippen molar-refractivity contribution in [3.8, 4) is 0 Å². The number of hydrogen-bond donors (Lipinski definition) is 0. The molecule has 0 radical (unpaired) electrons. The second-order valence-corrected chi connectivity index (χ2v) is 3.23. The van der Waals surface area contributed by atoms with Gasteiger partial charge >= 0.3 is 0 Å². The normalized spacial score (nSPS) is 27.3. The van der Waals surface area contributed by atoms with E-state index in [-0.39, 0.29) is 0 Å². The van der Waals surface area contributed by atoms with Gasteiger partial charge in [-0.2, -0.15) is 0 Å². The quantitative estimate of drug-likeness (QED) is 0.570. The number of allylic oxidation sites excluding steroid dienone is 4. The van der Waals surface area contributed by atoms with Gasteiger partial charge in [-0.15, -0.1) is 0 Å². The van der Waals surface area contributed by atoms with Gasteiger partial charge in [-0.05, 0) is 30.4 Å². The van der Waals surface area contributed by atoms with E-state index in [0.29, 0.717) is 5.92 Å². The summed E-state index contributed by atoms with van der Waals surface area (Å²) in [5.74, 6) is 0.666. The fraction of sp³-hybridized carbons (Fsp3) is 0.455. The third kappa shape index (κ3) is 2.00. The fourth-order valence-electron chi connectivity index (χ4n) is 1.54. The minimum atomic E-state index is 0.666. The molecule has 1 rings (SSSR count). The molecule has 1 unspecified atom stereocenters. The van der Waals surface area contributed by atoms with Gasteiger partial charge in [0.2, 0.25) is 0 Å². The van der Waals surface area contributed by atoms with Gasteiger partial charge in [0.25, 0.3) is 0 Å². The van der Waals surface area contributed by atoms with Crippen molar-refractivity contribution in [2.75, 3.05) is 7.11 Å². The Balaban J connectivity index is 2.65. The summed E-state index contributed by atoms with van der Waals surface area (Å²) in [5.41, 5.74) is 2.66. The molecule has 66 valence electrons. The molecule has 0 aromatic rings. The lowest BCUT2D eigenvalue weighted by molar-refractivity contribution is 0.338. The van der Waals surface area contributed by atoms with Crippen LogP contribution < -0.4 is 0 Å². The van der Waals surface area contributed by atoms with Gasteiger partial charge in [-0.1, -0.05) is 25.2 Å². The highest BCUT2D eigenvalue weighted by atomic mass is 16.5. The Morgan fingerprint density at radius 1 is 1.58 bits per heavy atom. The van der Waals surface area contributed by atoms with E-state index in [2.05, 4.69) is 19.6 Å². The van der Waals surface area contributed by atoms with Crippen molar-refractivity contribution in [1.29, 1.82) is 0 Å². The van der Waals surface area contributed by atoms with Crippen molar-refractivity contribution in [2.45, 2.75) is 19.8 Å². The Morgan fingerprint density at radius 3 is 2.83 bits per heavy atom. The standard InChI is InChI=1S/C11H16O/c1-9-6-7-10(2)11(9)5-4-8-12-3/h4-5,8,10H,1,6-7H2,2-3H3/b8-4+,11-5-. The molecule has 0 N–H and O–H groups in total. The van der Waals surface area contributed by atoms with E-state index in [9.17, 15) is 0 Å². The Hall–Kier alpha value is -0.980. The van der Waals surface area contributed by atoms with Crippen LogP contribution in [0.1, 0.15) is 19.8 Å². The van der Waals surface area contributed by atoms with Crippen LogP contribution >= 0.6 is 0 Å². The van der Waals surface area contributed by atoms with Crippen molar-refractivity contribution in [3.63, 3.8) is 0 Å². The monoisotopic (exact) mass is 164 g/mol. The molecule has 1 atom stereocenters. The molecule has 1 aliphatic rings. The molecule has 0 aromatic carbocycles. The van der Waals surface area contributed by atoms with Crippen LogP contribution in [0.5, 0.6) is 0 Å². The van der Waals surface area contributed by atoms with Gasteiger partial charge in [0.05, 0.1) is 13.4 Å². The minimum Gasteiger partial charge on any atom is -0.504 e. The molecule has 1 fully saturated rings. The van der Waals surface area contributed by atoms with E-state index in [4.69, 9.17) is 4.74 Å². The van der Waals surface area contributed by atoms with Gasteiger partial charge in [0.15, 0.2) is 0 Å². The van der Waals surface area contributed by atoms with E-state index < -0.39 is 0 Å². The average molecular weight is 164 g/mol. The Labute approximate surface area is 74.4 Å². The first-order chi connectivity index (χ1) is 5.75. The predicted molar refractivity (Wildman–Crippen MR) is 51.8 cm³/mol. The zero-order chi connectivity index (χ0) is 8.97. The van der Waals surface area contributed by atoms with Gasteiger partial charge < -0.3 is 4.74 Å². The molecule has 0 amide bonds. The highest BCUT2D eigenvalue weighted by Gasteiger charge is 2.18. The first kappa shape index (κ1) is 9.11. The molecule has 0 bridgehead atoms. The number of rotatable bonds is 2. The van der Waals surface area contributed by atoms with E-state index in [1.54, 1.807) is 13.4 Å². The molecule has 0 saturated heterocycles. The Morgan fingerprint density at radius 2 is 2.33 bits per heavy atom. The molecular weight excluding hydrogens is 148 g/mol. The third-order valence-electron chi connectivity index (χ3n) is 2.31. The Kier molecular flexibility index (Phi) is 3.15. The largest absolute Gasteiger partial charge is 0.504 e. The summed E-state index contributed by atoms with van der Waals surface area (Å²) in [6.45, 7) is 6.26. The van der Waals surface area contributed by atoms with Crippen molar-refractivity contribution < 1.29 is 4.74 Å². The zero-order valence-electron chi connectivity index (χ0n) is 7.84. The fourth-order valence-corrected chi connectivity index (χ4v) is 1.54. The maximum absolute atomic E-state index is 4.82. The second kappa shape index (κ2) is 4.15. The summed E-state index contributed by atoms with van der Waals surface area (Å²) < 4.78 is 4.82. The molecule has 12 heavy (non-hydrogen) atoms. The number of methoxy groups -OCH3 is 1. The lowest BCUT2D eigenvalue weighted by Crippen LogP contribution is -1.88. The van der Waals surface area contributed by atoms with Gasteiger partial charge in [0, 0.05) is 0 Å². The van der Waals surface area contributed by atoms with Crippen LogP contribution in [0.3, 0.4) is 0 Å². The maximum atomic E-state index is 4.82. The van der Waals surface area contributed by atoms with E-state index in [0.717, 1.165) is 6.42 Å². The molecule has 1 aliphatic carbocycles. The average Bonchev–Trinajstić information content (AvgIpc) is 2.35. The van der Waals surface area contributed by atoms with E-state index in [1.165, 1.54) is 17.6 Å². The van der Waals surface area contributed by atoms with Crippen molar-refractivity contribution in [2.24, 2.45) is 5.92 Å². The van der Waals surface area contributed by atoms with Crippen molar-refractivity contribution >= 4 is 0 Å².